The molecule has 1 N–H and O–H groups in total. The first-order valence-corrected chi connectivity index (χ1v) is 10.7. The van der Waals surface area contributed by atoms with Crippen molar-refractivity contribution in [3.05, 3.63) is 48.3 Å². The molecule has 2 aromatic carbocycles. The highest BCUT2D eigenvalue weighted by Crippen LogP contribution is 2.30. The number of aryl methyl sites for hydroxylation is 1. The van der Waals surface area contributed by atoms with Crippen molar-refractivity contribution in [1.82, 2.24) is 14.5 Å². The van der Waals surface area contributed by atoms with Crippen LogP contribution in [0.25, 0.3) is 11.0 Å². The van der Waals surface area contributed by atoms with Gasteiger partial charge in [0.2, 0.25) is 5.91 Å². The van der Waals surface area contributed by atoms with Crippen molar-refractivity contribution < 1.29 is 14.3 Å². The van der Waals surface area contributed by atoms with E-state index < -0.39 is 0 Å². The fourth-order valence-corrected chi connectivity index (χ4v) is 4.33. The number of ether oxygens (including phenoxy) is 2. The van der Waals surface area contributed by atoms with E-state index in [2.05, 4.69) is 44.9 Å². The van der Waals surface area contributed by atoms with Crippen molar-refractivity contribution in [2.45, 2.75) is 26.3 Å². The second kappa shape index (κ2) is 9.39. The van der Waals surface area contributed by atoms with Crippen molar-refractivity contribution in [3.63, 3.8) is 0 Å². The normalized spacial score (nSPS) is 15.2. The minimum atomic E-state index is -0.0119. The first-order chi connectivity index (χ1) is 15.1. The number of hydrogen-bond acceptors (Lipinski definition) is 5. The fourth-order valence-electron chi connectivity index (χ4n) is 4.33. The lowest BCUT2D eigenvalue weighted by Crippen LogP contribution is -2.40. The van der Waals surface area contributed by atoms with Gasteiger partial charge in [-0.05, 0) is 63.0 Å². The number of nitrogens with one attached hydrogen (secondary N) is 1. The summed E-state index contributed by atoms with van der Waals surface area (Å²) in [5.74, 6) is 2.90. The smallest absolute Gasteiger partial charge is 0.238 e. The largest absolute Gasteiger partial charge is 0.493 e. The summed E-state index contributed by atoms with van der Waals surface area (Å²) in [4.78, 5) is 19.4. The van der Waals surface area contributed by atoms with E-state index in [0.29, 0.717) is 29.6 Å². The molecule has 1 amide bonds. The number of aromatic nitrogens is 2. The Hall–Kier alpha value is -3.06. The van der Waals surface area contributed by atoms with Crippen LogP contribution in [-0.2, 0) is 11.3 Å². The van der Waals surface area contributed by atoms with E-state index in [4.69, 9.17) is 9.47 Å². The van der Waals surface area contributed by atoms with Gasteiger partial charge < -0.3 is 19.4 Å². The Kier molecular flexibility index (Phi) is 6.42. The molecule has 7 heteroatoms. The number of likely N-dealkylation sites (tertiary alicyclic amines) is 1. The number of imidazole rings is 1. The van der Waals surface area contributed by atoms with Gasteiger partial charge in [-0.2, -0.15) is 0 Å². The molecule has 1 saturated heterocycles. The second-order valence-electron chi connectivity index (χ2n) is 8.10. The van der Waals surface area contributed by atoms with Gasteiger partial charge in [-0.15, -0.1) is 0 Å². The lowest BCUT2D eigenvalue weighted by atomic mass is 9.96. The van der Waals surface area contributed by atoms with Gasteiger partial charge in [0.25, 0.3) is 0 Å². The van der Waals surface area contributed by atoms with Gasteiger partial charge in [-0.3, -0.25) is 9.69 Å². The van der Waals surface area contributed by atoms with E-state index in [0.717, 1.165) is 43.8 Å². The standard InChI is InChI=1S/C24H30N4O3/c1-17-25-20-6-4-5-7-21(20)28(17)15-18-10-12-27(13-11-18)16-24(29)26-19-8-9-22(30-2)23(14-19)31-3/h4-9,14,18H,10-13,15-16H2,1-3H3,(H,26,29). The number of para-hydroxylation sites is 2. The van der Waals surface area contributed by atoms with Crippen molar-refractivity contribution >= 4 is 22.6 Å². The maximum Gasteiger partial charge on any atom is 0.238 e. The third kappa shape index (κ3) is 4.82. The molecule has 0 radical (unpaired) electrons. The van der Waals surface area contributed by atoms with Gasteiger partial charge in [0.05, 0.1) is 31.8 Å². The van der Waals surface area contributed by atoms with Crippen LogP contribution in [0.4, 0.5) is 5.69 Å². The highest BCUT2D eigenvalue weighted by Gasteiger charge is 2.22. The molecule has 0 bridgehead atoms. The molecule has 0 unspecified atom stereocenters. The topological polar surface area (TPSA) is 68.6 Å². The van der Waals surface area contributed by atoms with E-state index >= 15 is 0 Å². The SMILES string of the molecule is COc1ccc(NC(=O)CN2CCC(Cn3c(C)nc4ccccc43)CC2)cc1OC. The van der Waals surface area contributed by atoms with Crippen LogP contribution < -0.4 is 14.8 Å². The molecule has 4 rings (SSSR count). The Bertz CT molecular complexity index is 1050. The molecular formula is C24H30N4O3. The lowest BCUT2D eigenvalue weighted by molar-refractivity contribution is -0.117. The maximum absolute atomic E-state index is 12.5. The molecule has 0 spiro atoms. The molecule has 0 aliphatic carbocycles. The molecule has 7 nitrogen and oxygen atoms in total. The summed E-state index contributed by atoms with van der Waals surface area (Å²) in [6, 6.07) is 13.7. The molecule has 1 aliphatic heterocycles. The number of nitrogens with zero attached hydrogens (tertiary/aromatic N) is 3. The zero-order valence-electron chi connectivity index (χ0n) is 18.4. The Morgan fingerprint density at radius 2 is 1.84 bits per heavy atom. The van der Waals surface area contributed by atoms with Gasteiger partial charge in [-0.1, -0.05) is 12.1 Å². The lowest BCUT2D eigenvalue weighted by Gasteiger charge is -2.32. The van der Waals surface area contributed by atoms with Crippen LogP contribution in [0.5, 0.6) is 11.5 Å². The van der Waals surface area contributed by atoms with Crippen LogP contribution in [0.15, 0.2) is 42.5 Å². The summed E-state index contributed by atoms with van der Waals surface area (Å²) in [5.41, 5.74) is 2.97. The fraction of sp³-hybridized carbons (Fsp3) is 0.417. The van der Waals surface area contributed by atoms with E-state index in [-0.39, 0.29) is 5.91 Å². The molecule has 1 fully saturated rings. The van der Waals surface area contributed by atoms with Crippen LogP contribution >= 0.6 is 0 Å². The number of amides is 1. The van der Waals surface area contributed by atoms with Gasteiger partial charge in [-0.25, -0.2) is 4.98 Å². The van der Waals surface area contributed by atoms with E-state index in [1.807, 2.05) is 12.1 Å². The number of carbonyl (C=O) groups is 1. The van der Waals surface area contributed by atoms with Crippen molar-refractivity contribution in [2.24, 2.45) is 5.92 Å². The van der Waals surface area contributed by atoms with Crippen LogP contribution in [0.3, 0.4) is 0 Å². The Labute approximate surface area is 183 Å². The molecule has 2 heterocycles. The number of benzene rings is 2. The first kappa shape index (κ1) is 21.2. The summed E-state index contributed by atoms with van der Waals surface area (Å²) < 4.78 is 12.9. The Balaban J connectivity index is 1.29. The predicted octanol–water partition coefficient (Wildman–Crippen LogP) is 3.71. The Morgan fingerprint density at radius 1 is 1.10 bits per heavy atom. The second-order valence-corrected chi connectivity index (χ2v) is 8.10. The van der Waals surface area contributed by atoms with Crippen LogP contribution in [0.1, 0.15) is 18.7 Å². The number of anilines is 1. The maximum atomic E-state index is 12.5. The minimum Gasteiger partial charge on any atom is -0.493 e. The number of rotatable bonds is 7. The number of piperidine rings is 1. The quantitative estimate of drug-likeness (QED) is 0.629. The van der Waals surface area contributed by atoms with Crippen LogP contribution in [0.2, 0.25) is 0 Å². The average molecular weight is 423 g/mol. The van der Waals surface area contributed by atoms with Crippen LogP contribution in [0, 0.1) is 12.8 Å². The van der Waals surface area contributed by atoms with Crippen molar-refractivity contribution in [1.29, 1.82) is 0 Å². The summed E-state index contributed by atoms with van der Waals surface area (Å²) in [6.07, 6.45) is 2.16. The number of methoxy groups -OCH3 is 2. The number of hydrogen-bond donors (Lipinski definition) is 1. The molecule has 31 heavy (non-hydrogen) atoms. The summed E-state index contributed by atoms with van der Waals surface area (Å²) in [6.45, 7) is 5.31. The molecule has 0 atom stereocenters. The molecular weight excluding hydrogens is 392 g/mol. The Morgan fingerprint density at radius 3 is 2.58 bits per heavy atom. The zero-order chi connectivity index (χ0) is 21.8. The van der Waals surface area contributed by atoms with Gasteiger partial charge in [0.15, 0.2) is 11.5 Å². The summed E-state index contributed by atoms with van der Waals surface area (Å²) in [7, 11) is 3.18. The van der Waals surface area contributed by atoms with Gasteiger partial charge in [0, 0.05) is 18.3 Å². The van der Waals surface area contributed by atoms with Crippen LogP contribution in [-0.4, -0.2) is 54.2 Å². The molecule has 1 aromatic heterocycles. The molecule has 164 valence electrons. The number of carbonyl (C=O) groups excluding carboxylic acids is 1. The van der Waals surface area contributed by atoms with E-state index in [1.54, 1.807) is 26.4 Å². The molecule has 0 saturated carbocycles. The molecule has 3 aromatic rings. The minimum absolute atomic E-state index is 0.0119. The highest BCUT2D eigenvalue weighted by molar-refractivity contribution is 5.92. The molecule has 1 aliphatic rings. The monoisotopic (exact) mass is 422 g/mol. The predicted molar refractivity (Wildman–Crippen MR) is 122 cm³/mol. The zero-order valence-corrected chi connectivity index (χ0v) is 18.4. The summed E-state index contributed by atoms with van der Waals surface area (Å²) in [5, 5.41) is 2.96. The van der Waals surface area contributed by atoms with Gasteiger partial charge >= 0.3 is 0 Å². The van der Waals surface area contributed by atoms with Crippen molar-refractivity contribution in [2.75, 3.05) is 39.2 Å². The van der Waals surface area contributed by atoms with Crippen molar-refractivity contribution in [3.8, 4) is 11.5 Å². The third-order valence-electron chi connectivity index (χ3n) is 6.03. The average Bonchev–Trinajstić information content (AvgIpc) is 3.10. The first-order valence-electron chi connectivity index (χ1n) is 10.7. The van der Waals surface area contributed by atoms with E-state index in [1.165, 1.54) is 5.52 Å². The summed E-state index contributed by atoms with van der Waals surface area (Å²) >= 11 is 0. The highest BCUT2D eigenvalue weighted by atomic mass is 16.5. The number of fused-ring (bicyclic) bond motifs is 1. The third-order valence-corrected chi connectivity index (χ3v) is 6.03. The van der Waals surface area contributed by atoms with Gasteiger partial charge in [0.1, 0.15) is 5.82 Å². The van der Waals surface area contributed by atoms with E-state index in [9.17, 15) is 4.79 Å².